The van der Waals surface area contributed by atoms with E-state index in [4.69, 9.17) is 0 Å². The molecule has 0 atom stereocenters. The van der Waals surface area contributed by atoms with E-state index in [0.717, 1.165) is 12.0 Å². The minimum absolute atomic E-state index is 0.150. The molecule has 70 valence electrons. The molecular formula is C11H15NO. The summed E-state index contributed by atoms with van der Waals surface area (Å²) < 4.78 is 0. The molecule has 0 aromatic carbocycles. The van der Waals surface area contributed by atoms with Gasteiger partial charge < -0.3 is 0 Å². The first-order chi connectivity index (χ1) is 6.20. The van der Waals surface area contributed by atoms with Crippen molar-refractivity contribution in [3.05, 3.63) is 30.1 Å². The molecule has 0 aliphatic heterocycles. The second-order valence-electron chi connectivity index (χ2n) is 3.48. The van der Waals surface area contributed by atoms with Gasteiger partial charge in [0.15, 0.2) is 0 Å². The van der Waals surface area contributed by atoms with Crippen LogP contribution in [0.15, 0.2) is 24.5 Å². The van der Waals surface area contributed by atoms with E-state index in [0.29, 0.717) is 12.2 Å². The van der Waals surface area contributed by atoms with Crippen LogP contribution in [0.2, 0.25) is 0 Å². The molecule has 0 spiro atoms. The second kappa shape index (κ2) is 4.75. The Labute approximate surface area is 79.0 Å². The lowest BCUT2D eigenvalue weighted by atomic mass is 10.0. The fraction of sp³-hybridized carbons (Fsp3) is 0.455. The lowest BCUT2D eigenvalue weighted by molar-refractivity contribution is -0.121. The molecule has 0 radical (unpaired) electrons. The standard InChI is InChI=1S/C11H15NO/c1-9(2)11(13)6-5-10-4-3-7-12-8-10/h3-4,7-9H,5-6H2,1-2H3. The summed E-state index contributed by atoms with van der Waals surface area (Å²) in [4.78, 5) is 15.3. The number of Topliss-reactive ketones (excluding diaryl/α,β-unsaturated/α-hetero) is 1. The number of hydrogen-bond acceptors (Lipinski definition) is 2. The molecule has 1 heterocycles. The molecule has 0 bridgehead atoms. The summed E-state index contributed by atoms with van der Waals surface area (Å²) in [5.74, 6) is 0.473. The second-order valence-corrected chi connectivity index (χ2v) is 3.48. The van der Waals surface area contributed by atoms with E-state index in [2.05, 4.69) is 4.98 Å². The average Bonchev–Trinajstić information content (AvgIpc) is 2.15. The van der Waals surface area contributed by atoms with Crippen molar-refractivity contribution >= 4 is 5.78 Å². The zero-order chi connectivity index (χ0) is 9.68. The Morgan fingerprint density at radius 2 is 2.31 bits per heavy atom. The highest BCUT2D eigenvalue weighted by molar-refractivity contribution is 5.80. The molecule has 0 aliphatic rings. The quantitative estimate of drug-likeness (QED) is 0.706. The van der Waals surface area contributed by atoms with Gasteiger partial charge in [0, 0.05) is 24.7 Å². The van der Waals surface area contributed by atoms with Crippen LogP contribution in [0.25, 0.3) is 0 Å². The van der Waals surface area contributed by atoms with Crippen molar-refractivity contribution in [2.45, 2.75) is 26.7 Å². The monoisotopic (exact) mass is 177 g/mol. The predicted octanol–water partition coefficient (Wildman–Crippen LogP) is 2.24. The third-order valence-corrected chi connectivity index (χ3v) is 2.03. The number of hydrogen-bond donors (Lipinski definition) is 0. The molecule has 1 aromatic rings. The summed E-state index contributed by atoms with van der Waals surface area (Å²) in [5, 5.41) is 0. The van der Waals surface area contributed by atoms with Gasteiger partial charge in [0.05, 0.1) is 0 Å². The van der Waals surface area contributed by atoms with Crippen molar-refractivity contribution < 1.29 is 4.79 Å². The van der Waals surface area contributed by atoms with Gasteiger partial charge in [-0.25, -0.2) is 0 Å². The van der Waals surface area contributed by atoms with Crippen LogP contribution >= 0.6 is 0 Å². The van der Waals surface area contributed by atoms with Gasteiger partial charge in [0.1, 0.15) is 5.78 Å². The van der Waals surface area contributed by atoms with Crippen LogP contribution in [0.5, 0.6) is 0 Å². The highest BCUT2D eigenvalue weighted by atomic mass is 16.1. The van der Waals surface area contributed by atoms with E-state index < -0.39 is 0 Å². The summed E-state index contributed by atoms with van der Waals surface area (Å²) in [5.41, 5.74) is 1.14. The van der Waals surface area contributed by atoms with Gasteiger partial charge in [0.25, 0.3) is 0 Å². The third kappa shape index (κ3) is 3.36. The topological polar surface area (TPSA) is 30.0 Å². The molecule has 13 heavy (non-hydrogen) atoms. The highest BCUT2D eigenvalue weighted by Crippen LogP contribution is 2.05. The number of ketones is 1. The Morgan fingerprint density at radius 1 is 1.54 bits per heavy atom. The van der Waals surface area contributed by atoms with Crippen molar-refractivity contribution in [3.8, 4) is 0 Å². The SMILES string of the molecule is CC(C)C(=O)CCc1cccnc1. The molecule has 0 N–H and O–H groups in total. The molecule has 0 aliphatic carbocycles. The maximum atomic E-state index is 11.3. The molecule has 1 aromatic heterocycles. The Kier molecular flexibility index (Phi) is 3.62. The maximum Gasteiger partial charge on any atom is 0.135 e. The van der Waals surface area contributed by atoms with Crippen molar-refractivity contribution in [2.24, 2.45) is 5.92 Å². The van der Waals surface area contributed by atoms with Gasteiger partial charge in [-0.1, -0.05) is 19.9 Å². The number of nitrogens with zero attached hydrogens (tertiary/aromatic N) is 1. The van der Waals surface area contributed by atoms with Gasteiger partial charge >= 0.3 is 0 Å². The van der Waals surface area contributed by atoms with Gasteiger partial charge in [-0.05, 0) is 18.1 Å². The fourth-order valence-corrected chi connectivity index (χ4v) is 1.10. The minimum Gasteiger partial charge on any atom is -0.299 e. The molecule has 0 saturated carbocycles. The van der Waals surface area contributed by atoms with Crippen molar-refractivity contribution in [3.63, 3.8) is 0 Å². The van der Waals surface area contributed by atoms with Crippen LogP contribution in [0.3, 0.4) is 0 Å². The molecule has 2 heteroatoms. The van der Waals surface area contributed by atoms with Gasteiger partial charge in [0.2, 0.25) is 0 Å². The summed E-state index contributed by atoms with van der Waals surface area (Å²) in [6.45, 7) is 3.87. The zero-order valence-electron chi connectivity index (χ0n) is 8.16. The minimum atomic E-state index is 0.150. The summed E-state index contributed by atoms with van der Waals surface area (Å²) in [6, 6.07) is 3.90. The number of aryl methyl sites for hydroxylation is 1. The summed E-state index contributed by atoms with van der Waals surface area (Å²) in [7, 11) is 0. The maximum absolute atomic E-state index is 11.3. The van der Waals surface area contributed by atoms with Crippen molar-refractivity contribution in [2.75, 3.05) is 0 Å². The van der Waals surface area contributed by atoms with Crippen LogP contribution in [0, 0.1) is 5.92 Å². The van der Waals surface area contributed by atoms with E-state index in [1.165, 1.54) is 0 Å². The number of carbonyl (C=O) groups is 1. The smallest absolute Gasteiger partial charge is 0.135 e. The zero-order valence-corrected chi connectivity index (χ0v) is 8.16. The lowest BCUT2D eigenvalue weighted by Gasteiger charge is -2.03. The van der Waals surface area contributed by atoms with E-state index in [1.54, 1.807) is 6.20 Å². The number of rotatable bonds is 4. The van der Waals surface area contributed by atoms with Crippen molar-refractivity contribution in [1.82, 2.24) is 4.98 Å². The first-order valence-electron chi connectivity index (χ1n) is 4.62. The van der Waals surface area contributed by atoms with Crippen LogP contribution in [0.1, 0.15) is 25.8 Å². The van der Waals surface area contributed by atoms with Crippen LogP contribution in [-0.4, -0.2) is 10.8 Å². The average molecular weight is 177 g/mol. The van der Waals surface area contributed by atoms with Gasteiger partial charge in [-0.2, -0.15) is 0 Å². The number of aromatic nitrogens is 1. The molecule has 2 nitrogen and oxygen atoms in total. The van der Waals surface area contributed by atoms with E-state index in [1.807, 2.05) is 32.2 Å². The molecule has 0 amide bonds. The molecule has 0 saturated heterocycles. The van der Waals surface area contributed by atoms with Gasteiger partial charge in [-0.3, -0.25) is 9.78 Å². The Hall–Kier alpha value is -1.18. The van der Waals surface area contributed by atoms with Crippen molar-refractivity contribution in [1.29, 1.82) is 0 Å². The predicted molar refractivity (Wildman–Crippen MR) is 52.4 cm³/mol. The Morgan fingerprint density at radius 3 is 2.85 bits per heavy atom. The molecular weight excluding hydrogens is 162 g/mol. The van der Waals surface area contributed by atoms with E-state index in [9.17, 15) is 4.79 Å². The first-order valence-corrected chi connectivity index (χ1v) is 4.62. The molecule has 0 fully saturated rings. The largest absolute Gasteiger partial charge is 0.299 e. The molecule has 1 rings (SSSR count). The van der Waals surface area contributed by atoms with E-state index in [-0.39, 0.29) is 5.92 Å². The van der Waals surface area contributed by atoms with Crippen LogP contribution in [-0.2, 0) is 11.2 Å². The van der Waals surface area contributed by atoms with Crippen LogP contribution in [0.4, 0.5) is 0 Å². The highest BCUT2D eigenvalue weighted by Gasteiger charge is 2.06. The van der Waals surface area contributed by atoms with Gasteiger partial charge in [-0.15, -0.1) is 0 Å². The Bertz CT molecular complexity index is 267. The fourth-order valence-electron chi connectivity index (χ4n) is 1.10. The summed E-state index contributed by atoms with van der Waals surface area (Å²) >= 11 is 0. The number of carbonyl (C=O) groups excluding carboxylic acids is 1. The lowest BCUT2D eigenvalue weighted by Crippen LogP contribution is -2.07. The summed E-state index contributed by atoms with van der Waals surface area (Å²) in [6.07, 6.45) is 5.00. The van der Waals surface area contributed by atoms with Crippen LogP contribution < -0.4 is 0 Å². The normalized spacial score (nSPS) is 10.4. The number of pyridine rings is 1. The third-order valence-electron chi connectivity index (χ3n) is 2.03. The Balaban J connectivity index is 2.40. The first kappa shape index (κ1) is 9.90. The van der Waals surface area contributed by atoms with E-state index >= 15 is 0 Å². The molecule has 0 unspecified atom stereocenters.